The molecule has 0 amide bonds. The Hall–Kier alpha value is -1.66. The molecular weight excluding hydrogens is 276 g/mol. The van der Waals surface area contributed by atoms with Crippen molar-refractivity contribution >= 4 is 17.3 Å². The van der Waals surface area contributed by atoms with E-state index in [1.807, 2.05) is 18.2 Å². The molecule has 1 fully saturated rings. The lowest BCUT2D eigenvalue weighted by Crippen LogP contribution is -2.47. The Morgan fingerprint density at radius 3 is 2.65 bits per heavy atom. The number of aromatic nitrogens is 4. The molecule has 0 aliphatic carbocycles. The largest absolute Gasteiger partial charge is 0.368 e. The Balaban J connectivity index is 1.51. The maximum absolute atomic E-state index is 6.24. The molecule has 1 N–H and O–H groups in total. The van der Waals surface area contributed by atoms with E-state index in [0.29, 0.717) is 0 Å². The molecule has 20 heavy (non-hydrogen) atoms. The molecule has 1 saturated heterocycles. The van der Waals surface area contributed by atoms with E-state index in [9.17, 15) is 0 Å². The average Bonchev–Trinajstić information content (AvgIpc) is 3.00. The lowest BCUT2D eigenvalue weighted by Gasteiger charge is -2.36. The maximum Gasteiger partial charge on any atom is 0.175 e. The molecule has 0 bridgehead atoms. The number of para-hydroxylation sites is 1. The highest BCUT2D eigenvalue weighted by molar-refractivity contribution is 6.33. The number of anilines is 1. The van der Waals surface area contributed by atoms with Crippen LogP contribution in [0.1, 0.15) is 5.82 Å². The molecule has 7 heteroatoms. The summed E-state index contributed by atoms with van der Waals surface area (Å²) in [6.07, 6.45) is 0.836. The third-order valence-electron chi connectivity index (χ3n) is 3.61. The van der Waals surface area contributed by atoms with Gasteiger partial charge in [-0.25, -0.2) is 0 Å². The molecule has 2 aromatic rings. The van der Waals surface area contributed by atoms with Crippen molar-refractivity contribution in [2.75, 3.05) is 37.6 Å². The van der Waals surface area contributed by atoms with Crippen LogP contribution in [0, 0.1) is 0 Å². The number of tetrazole rings is 1. The molecule has 2 heterocycles. The van der Waals surface area contributed by atoms with Gasteiger partial charge in [-0.05, 0) is 12.1 Å². The lowest BCUT2D eigenvalue weighted by molar-refractivity contribution is 0.259. The summed E-state index contributed by atoms with van der Waals surface area (Å²) in [5.41, 5.74) is 1.13. The SMILES string of the molecule is Clc1ccccc1N1CCN(CCc2nn[nH]n2)CC1. The molecule has 1 aromatic heterocycles. The second-order valence-corrected chi connectivity index (χ2v) is 5.27. The molecule has 1 aliphatic rings. The molecule has 0 saturated carbocycles. The Morgan fingerprint density at radius 2 is 1.95 bits per heavy atom. The molecule has 106 valence electrons. The van der Waals surface area contributed by atoms with Crippen molar-refractivity contribution in [1.29, 1.82) is 0 Å². The van der Waals surface area contributed by atoms with Crippen LogP contribution in [-0.2, 0) is 6.42 Å². The highest BCUT2D eigenvalue weighted by atomic mass is 35.5. The van der Waals surface area contributed by atoms with E-state index in [2.05, 4.69) is 36.5 Å². The summed E-state index contributed by atoms with van der Waals surface area (Å²) in [5.74, 6) is 0.776. The number of nitrogens with zero attached hydrogens (tertiary/aromatic N) is 5. The van der Waals surface area contributed by atoms with Gasteiger partial charge in [0.15, 0.2) is 5.82 Å². The van der Waals surface area contributed by atoms with Crippen LogP contribution >= 0.6 is 11.6 Å². The summed E-state index contributed by atoms with van der Waals surface area (Å²) in [7, 11) is 0. The van der Waals surface area contributed by atoms with Gasteiger partial charge in [0.1, 0.15) is 0 Å². The summed E-state index contributed by atoms with van der Waals surface area (Å²) >= 11 is 6.24. The van der Waals surface area contributed by atoms with Gasteiger partial charge in [-0.2, -0.15) is 5.21 Å². The fourth-order valence-corrected chi connectivity index (χ4v) is 2.72. The van der Waals surface area contributed by atoms with Crippen LogP contribution in [-0.4, -0.2) is 58.2 Å². The van der Waals surface area contributed by atoms with Crippen LogP contribution in [0.25, 0.3) is 0 Å². The van der Waals surface area contributed by atoms with Gasteiger partial charge in [0.2, 0.25) is 0 Å². The van der Waals surface area contributed by atoms with Gasteiger partial charge in [0, 0.05) is 39.1 Å². The topological polar surface area (TPSA) is 60.9 Å². The minimum absolute atomic E-state index is 0.776. The normalized spacial score (nSPS) is 16.6. The smallest absolute Gasteiger partial charge is 0.175 e. The van der Waals surface area contributed by atoms with E-state index in [4.69, 9.17) is 11.6 Å². The molecular formula is C13H17ClN6. The van der Waals surface area contributed by atoms with E-state index in [-0.39, 0.29) is 0 Å². The predicted molar refractivity (Wildman–Crippen MR) is 78.0 cm³/mol. The number of hydrogen-bond acceptors (Lipinski definition) is 5. The molecule has 1 aliphatic heterocycles. The zero-order valence-corrected chi connectivity index (χ0v) is 11.9. The van der Waals surface area contributed by atoms with Gasteiger partial charge < -0.3 is 4.90 Å². The van der Waals surface area contributed by atoms with Crippen LogP contribution in [0.5, 0.6) is 0 Å². The summed E-state index contributed by atoms with van der Waals surface area (Å²) in [4.78, 5) is 4.76. The quantitative estimate of drug-likeness (QED) is 0.918. The minimum atomic E-state index is 0.776. The molecule has 6 nitrogen and oxygen atoms in total. The molecule has 0 unspecified atom stereocenters. The minimum Gasteiger partial charge on any atom is -0.368 e. The van der Waals surface area contributed by atoms with Crippen LogP contribution in [0.15, 0.2) is 24.3 Å². The summed E-state index contributed by atoms with van der Waals surface area (Å²) in [6.45, 7) is 5.02. The van der Waals surface area contributed by atoms with Crippen molar-refractivity contribution in [2.45, 2.75) is 6.42 Å². The molecule has 0 spiro atoms. The zero-order chi connectivity index (χ0) is 13.8. The van der Waals surface area contributed by atoms with Crippen LogP contribution in [0.3, 0.4) is 0 Å². The van der Waals surface area contributed by atoms with E-state index >= 15 is 0 Å². The monoisotopic (exact) mass is 292 g/mol. The molecule has 0 atom stereocenters. The Kier molecular flexibility index (Phi) is 4.13. The second-order valence-electron chi connectivity index (χ2n) is 4.86. The van der Waals surface area contributed by atoms with E-state index in [0.717, 1.165) is 55.7 Å². The van der Waals surface area contributed by atoms with Crippen LogP contribution in [0.2, 0.25) is 5.02 Å². The third-order valence-corrected chi connectivity index (χ3v) is 3.93. The number of H-pyrrole nitrogens is 1. The first kappa shape index (κ1) is 13.3. The number of piperazine rings is 1. The summed E-state index contributed by atoms with van der Waals surface area (Å²) in [5, 5.41) is 14.8. The summed E-state index contributed by atoms with van der Waals surface area (Å²) in [6, 6.07) is 8.02. The van der Waals surface area contributed by atoms with E-state index in [1.165, 1.54) is 0 Å². The fourth-order valence-electron chi connectivity index (χ4n) is 2.47. The number of nitrogens with one attached hydrogen (secondary N) is 1. The van der Waals surface area contributed by atoms with Crippen LogP contribution in [0.4, 0.5) is 5.69 Å². The Bertz CT molecular complexity index is 536. The number of hydrogen-bond donors (Lipinski definition) is 1. The first-order valence-corrected chi connectivity index (χ1v) is 7.15. The molecule has 3 rings (SSSR count). The number of halogens is 1. The Morgan fingerprint density at radius 1 is 1.15 bits per heavy atom. The van der Waals surface area contributed by atoms with Gasteiger partial charge in [-0.1, -0.05) is 28.9 Å². The first-order chi connectivity index (χ1) is 9.83. The third kappa shape index (κ3) is 3.08. The van der Waals surface area contributed by atoms with E-state index < -0.39 is 0 Å². The number of aromatic amines is 1. The van der Waals surface area contributed by atoms with Crippen molar-refractivity contribution in [3.05, 3.63) is 35.1 Å². The predicted octanol–water partition coefficient (Wildman–Crippen LogP) is 1.22. The number of rotatable bonds is 4. The lowest BCUT2D eigenvalue weighted by atomic mass is 10.2. The summed E-state index contributed by atoms with van der Waals surface area (Å²) < 4.78 is 0. The van der Waals surface area contributed by atoms with Crippen LogP contribution < -0.4 is 4.90 Å². The van der Waals surface area contributed by atoms with Gasteiger partial charge in [0.05, 0.1) is 10.7 Å². The van der Waals surface area contributed by atoms with Gasteiger partial charge in [-0.3, -0.25) is 4.90 Å². The van der Waals surface area contributed by atoms with Gasteiger partial charge >= 0.3 is 0 Å². The second kappa shape index (κ2) is 6.19. The first-order valence-electron chi connectivity index (χ1n) is 6.77. The Labute approximate surface area is 122 Å². The average molecular weight is 293 g/mol. The van der Waals surface area contributed by atoms with Gasteiger partial charge in [-0.15, -0.1) is 10.2 Å². The van der Waals surface area contributed by atoms with Crippen molar-refractivity contribution in [1.82, 2.24) is 25.5 Å². The maximum atomic E-state index is 6.24. The highest BCUT2D eigenvalue weighted by Gasteiger charge is 2.18. The van der Waals surface area contributed by atoms with Crippen molar-refractivity contribution in [3.63, 3.8) is 0 Å². The number of benzene rings is 1. The van der Waals surface area contributed by atoms with Gasteiger partial charge in [0.25, 0.3) is 0 Å². The standard InChI is InChI=1S/C13H17ClN6/c14-11-3-1-2-4-12(11)20-9-7-19(8-10-20)6-5-13-15-17-18-16-13/h1-4H,5-10H2,(H,15,16,17,18). The van der Waals surface area contributed by atoms with Crippen molar-refractivity contribution in [3.8, 4) is 0 Å². The van der Waals surface area contributed by atoms with E-state index in [1.54, 1.807) is 0 Å². The molecule has 1 aromatic carbocycles. The van der Waals surface area contributed by atoms with Crippen molar-refractivity contribution < 1.29 is 0 Å². The fraction of sp³-hybridized carbons (Fsp3) is 0.462. The zero-order valence-electron chi connectivity index (χ0n) is 11.2. The molecule has 0 radical (unpaired) electrons. The van der Waals surface area contributed by atoms with Crippen molar-refractivity contribution in [2.24, 2.45) is 0 Å². The highest BCUT2D eigenvalue weighted by Crippen LogP contribution is 2.25.